The van der Waals surface area contributed by atoms with Gasteiger partial charge in [0.1, 0.15) is 5.52 Å². The number of H-pyrrole nitrogens is 1. The predicted molar refractivity (Wildman–Crippen MR) is 137 cm³/mol. The first-order valence-corrected chi connectivity index (χ1v) is 11.7. The highest BCUT2D eigenvalue weighted by atomic mass is 19.3. The quantitative estimate of drug-likeness (QED) is 0.352. The molecule has 0 spiro atoms. The fourth-order valence-corrected chi connectivity index (χ4v) is 4.17. The lowest BCUT2D eigenvalue weighted by atomic mass is 10.0. The molecule has 4 aromatic rings. The summed E-state index contributed by atoms with van der Waals surface area (Å²) < 4.78 is 31.8. The number of anilines is 1. The summed E-state index contributed by atoms with van der Waals surface area (Å²) in [5.41, 5.74) is 4.50. The molecule has 0 radical (unpaired) electrons. The molecule has 0 saturated carbocycles. The molecule has 3 aromatic heterocycles. The summed E-state index contributed by atoms with van der Waals surface area (Å²) in [4.78, 5) is 34.8. The number of nitrogens with zero attached hydrogens (tertiary/aromatic N) is 5. The Morgan fingerprint density at radius 3 is 2.57 bits per heavy atom. The molecule has 2 N–H and O–H groups in total. The van der Waals surface area contributed by atoms with Gasteiger partial charge in [-0.05, 0) is 36.8 Å². The number of ether oxygens (including phenoxy) is 1. The van der Waals surface area contributed by atoms with Gasteiger partial charge in [0.25, 0.3) is 5.92 Å². The average molecular weight is 510 g/mol. The molecule has 1 saturated heterocycles. The van der Waals surface area contributed by atoms with Crippen molar-refractivity contribution in [2.24, 2.45) is 0 Å². The Kier molecular flexibility index (Phi) is 7.72. The number of hydrogen-bond donors (Lipinski definition) is 2. The lowest BCUT2D eigenvalue weighted by Crippen LogP contribution is -2.38. The van der Waals surface area contributed by atoms with Crippen LogP contribution in [0.4, 0.5) is 19.5 Å². The summed E-state index contributed by atoms with van der Waals surface area (Å²) >= 11 is 0. The number of likely N-dealkylation sites (tertiary alicyclic amines) is 1. The Labute approximate surface area is 213 Å². The third-order valence-corrected chi connectivity index (χ3v) is 6.02. The summed E-state index contributed by atoms with van der Waals surface area (Å²) in [6, 6.07) is 9.43. The molecule has 1 aliphatic heterocycles. The molecule has 0 atom stereocenters. The summed E-state index contributed by atoms with van der Waals surface area (Å²) in [5.74, 6) is -1.83. The first kappa shape index (κ1) is 26.1. The van der Waals surface area contributed by atoms with E-state index in [2.05, 4.69) is 30.2 Å². The minimum atomic E-state index is -2.56. The second-order valence-electron chi connectivity index (χ2n) is 8.59. The lowest BCUT2D eigenvalue weighted by molar-refractivity contribution is -0.0568. The number of piperidine rings is 1. The number of amides is 1. The van der Waals surface area contributed by atoms with Crippen molar-refractivity contribution < 1.29 is 18.3 Å². The van der Waals surface area contributed by atoms with Gasteiger partial charge in [-0.25, -0.2) is 28.5 Å². The van der Waals surface area contributed by atoms with Gasteiger partial charge in [0.2, 0.25) is 5.95 Å². The van der Waals surface area contributed by atoms with Crippen molar-refractivity contribution >= 4 is 23.1 Å². The number of aromatic nitrogens is 5. The summed E-state index contributed by atoms with van der Waals surface area (Å²) in [6.07, 6.45) is 4.22. The first-order valence-electron chi connectivity index (χ1n) is 11.7. The van der Waals surface area contributed by atoms with Crippen LogP contribution in [0, 0.1) is 0 Å². The van der Waals surface area contributed by atoms with Crippen LogP contribution in [-0.2, 0) is 11.3 Å². The van der Waals surface area contributed by atoms with E-state index in [1.165, 1.54) is 0 Å². The van der Waals surface area contributed by atoms with Gasteiger partial charge in [-0.1, -0.05) is 13.5 Å². The molecular formula is C26H29F2N7O2. The van der Waals surface area contributed by atoms with Crippen LogP contribution < -0.4 is 5.32 Å². The smallest absolute Gasteiger partial charge is 0.413 e. The third-order valence-electron chi connectivity index (χ3n) is 6.02. The Hall–Kier alpha value is -3.99. The largest absolute Gasteiger partial charge is 0.450 e. The number of carbonyl (C=O) groups excluding carboxylic acids is 1. The van der Waals surface area contributed by atoms with Crippen molar-refractivity contribution in [2.75, 3.05) is 25.0 Å². The minimum Gasteiger partial charge on any atom is -0.450 e. The normalized spacial score (nSPS) is 15.2. The highest BCUT2D eigenvalue weighted by Crippen LogP contribution is 2.32. The SMILES string of the molecule is C.CCOC(=O)Nc1nc2c(-c3ncccn3)cc(-c3ccc(CN4CCC(F)(F)CC4)nc3)cc2[nH]1. The number of benzene rings is 1. The highest BCUT2D eigenvalue weighted by Gasteiger charge is 2.33. The predicted octanol–water partition coefficient (Wildman–Crippen LogP) is 5.52. The lowest BCUT2D eigenvalue weighted by Gasteiger charge is -2.31. The molecule has 1 fully saturated rings. The van der Waals surface area contributed by atoms with Crippen molar-refractivity contribution in [3.63, 3.8) is 0 Å². The van der Waals surface area contributed by atoms with Crippen LogP contribution >= 0.6 is 0 Å². The van der Waals surface area contributed by atoms with E-state index < -0.39 is 12.0 Å². The molecule has 9 nitrogen and oxygen atoms in total. The van der Waals surface area contributed by atoms with Crippen LogP contribution in [0.2, 0.25) is 0 Å². The maximum Gasteiger partial charge on any atom is 0.413 e. The summed E-state index contributed by atoms with van der Waals surface area (Å²) in [7, 11) is 0. The molecule has 11 heteroatoms. The van der Waals surface area contributed by atoms with E-state index in [1.54, 1.807) is 31.6 Å². The number of alkyl halides is 2. The number of carbonyl (C=O) groups is 1. The number of hydrogen-bond acceptors (Lipinski definition) is 7. The number of fused-ring (bicyclic) bond motifs is 1. The van der Waals surface area contributed by atoms with Crippen LogP contribution in [-0.4, -0.2) is 61.5 Å². The van der Waals surface area contributed by atoms with Crippen molar-refractivity contribution in [1.29, 1.82) is 0 Å². The monoisotopic (exact) mass is 509 g/mol. The van der Waals surface area contributed by atoms with Crippen LogP contribution in [0.3, 0.4) is 0 Å². The molecule has 0 aliphatic carbocycles. The van der Waals surface area contributed by atoms with Gasteiger partial charge < -0.3 is 9.72 Å². The molecule has 1 aromatic carbocycles. The Morgan fingerprint density at radius 1 is 1.14 bits per heavy atom. The molecular weight excluding hydrogens is 480 g/mol. The van der Waals surface area contributed by atoms with Gasteiger partial charge in [0.15, 0.2) is 5.82 Å². The fraction of sp³-hybridized carbons (Fsp3) is 0.346. The summed E-state index contributed by atoms with van der Waals surface area (Å²) in [5, 5.41) is 2.59. The van der Waals surface area contributed by atoms with Crippen LogP contribution in [0.25, 0.3) is 33.5 Å². The van der Waals surface area contributed by atoms with Crippen LogP contribution in [0.15, 0.2) is 48.9 Å². The molecule has 1 amide bonds. The Balaban J connectivity index is 0.00000320. The number of imidazole rings is 1. The van der Waals surface area contributed by atoms with Gasteiger partial charge in [-0.15, -0.1) is 0 Å². The molecule has 1 aliphatic rings. The zero-order valence-electron chi connectivity index (χ0n) is 19.7. The van der Waals surface area contributed by atoms with E-state index in [1.807, 2.05) is 29.2 Å². The van der Waals surface area contributed by atoms with Crippen molar-refractivity contribution in [3.8, 4) is 22.5 Å². The van der Waals surface area contributed by atoms with E-state index in [-0.39, 0.29) is 32.8 Å². The number of aromatic amines is 1. The van der Waals surface area contributed by atoms with E-state index in [4.69, 9.17) is 4.74 Å². The highest BCUT2D eigenvalue weighted by molar-refractivity contribution is 5.96. The molecule has 0 bridgehead atoms. The maximum absolute atomic E-state index is 13.4. The molecule has 5 rings (SSSR count). The van der Waals surface area contributed by atoms with Crippen molar-refractivity contribution in [2.45, 2.75) is 39.7 Å². The molecule has 4 heterocycles. The Morgan fingerprint density at radius 2 is 1.89 bits per heavy atom. The zero-order valence-corrected chi connectivity index (χ0v) is 19.7. The van der Waals surface area contributed by atoms with Crippen LogP contribution in [0.1, 0.15) is 32.9 Å². The van der Waals surface area contributed by atoms with Crippen molar-refractivity contribution in [1.82, 2.24) is 29.8 Å². The topological polar surface area (TPSA) is 109 Å². The van der Waals surface area contributed by atoms with Gasteiger partial charge in [0, 0.05) is 62.2 Å². The van der Waals surface area contributed by atoms with Crippen molar-refractivity contribution in [3.05, 3.63) is 54.6 Å². The van der Waals surface area contributed by atoms with E-state index >= 15 is 0 Å². The Bertz CT molecular complexity index is 1350. The second kappa shape index (κ2) is 11.0. The van der Waals surface area contributed by atoms with Gasteiger partial charge in [-0.3, -0.25) is 15.2 Å². The van der Waals surface area contributed by atoms with Gasteiger partial charge in [-0.2, -0.15) is 0 Å². The second-order valence-corrected chi connectivity index (χ2v) is 8.59. The first-order chi connectivity index (χ1) is 17.4. The number of nitrogens with one attached hydrogen (secondary N) is 2. The third kappa shape index (κ3) is 6.05. The van der Waals surface area contributed by atoms with Gasteiger partial charge in [0.05, 0.1) is 17.8 Å². The fourth-order valence-electron chi connectivity index (χ4n) is 4.17. The van der Waals surface area contributed by atoms with E-state index in [0.29, 0.717) is 42.1 Å². The standard InChI is InChI=1S/C25H25F2N7O2.CH4/c1-2-36-24(35)33-23-31-20-13-17(12-19(21(20)32-23)22-28-8-3-9-29-22)16-4-5-18(30-14-16)15-34-10-6-25(26,27)7-11-34;/h3-5,8-9,12-14H,2,6-7,10-11,15H2,1H3,(H2,31,32,33,35);1H4. The van der Waals surface area contributed by atoms with E-state index in [9.17, 15) is 13.6 Å². The minimum absolute atomic E-state index is 0. The molecule has 37 heavy (non-hydrogen) atoms. The maximum atomic E-state index is 13.4. The zero-order chi connectivity index (χ0) is 25.1. The van der Waals surface area contributed by atoms with E-state index in [0.717, 1.165) is 16.8 Å². The number of rotatable bonds is 6. The number of pyridine rings is 1. The average Bonchev–Trinajstić information content (AvgIpc) is 3.28. The molecule has 194 valence electrons. The van der Waals surface area contributed by atoms with Crippen LogP contribution in [0.5, 0.6) is 0 Å². The summed E-state index contributed by atoms with van der Waals surface area (Å²) in [6.45, 7) is 3.21. The number of halogens is 2. The van der Waals surface area contributed by atoms with Gasteiger partial charge >= 0.3 is 6.09 Å². The molecule has 0 unspecified atom stereocenters.